The van der Waals surface area contributed by atoms with E-state index in [0.29, 0.717) is 19.0 Å². The maximum absolute atomic E-state index is 12.7. The van der Waals surface area contributed by atoms with Gasteiger partial charge in [-0.3, -0.25) is 4.79 Å². The molecule has 0 aliphatic carbocycles. The Labute approximate surface area is 150 Å². The largest absolute Gasteiger partial charge is 0.372 e. The maximum Gasteiger partial charge on any atom is 0.266 e. The fourth-order valence-electron chi connectivity index (χ4n) is 3.17. The van der Waals surface area contributed by atoms with Crippen LogP contribution in [0.5, 0.6) is 0 Å². The van der Waals surface area contributed by atoms with E-state index >= 15 is 0 Å². The van der Waals surface area contributed by atoms with Crippen molar-refractivity contribution in [2.75, 3.05) is 18.4 Å². The normalized spacial score (nSPS) is 21.2. The molecule has 5 nitrogen and oxygen atoms in total. The van der Waals surface area contributed by atoms with Crippen molar-refractivity contribution >= 4 is 11.6 Å². The number of carbonyl (C=O) groups is 1. The van der Waals surface area contributed by atoms with E-state index in [2.05, 4.69) is 25.2 Å². The molecule has 0 radical (unpaired) electrons. The molecule has 1 aliphatic heterocycles. The van der Waals surface area contributed by atoms with E-state index in [4.69, 9.17) is 4.74 Å². The number of amides is 1. The van der Waals surface area contributed by atoms with Crippen LogP contribution in [0.25, 0.3) is 0 Å². The number of para-hydroxylation sites is 1. The molecular weight excluding hydrogens is 314 g/mol. The maximum atomic E-state index is 12.7. The highest BCUT2D eigenvalue weighted by molar-refractivity contribution is 5.97. The van der Waals surface area contributed by atoms with Gasteiger partial charge in [-0.25, -0.2) is 0 Å². The molecule has 1 amide bonds. The number of nitrogens with one attached hydrogen (secondary N) is 1. The van der Waals surface area contributed by atoms with Gasteiger partial charge in [-0.1, -0.05) is 32.0 Å². The molecule has 25 heavy (non-hydrogen) atoms. The van der Waals surface area contributed by atoms with E-state index in [0.717, 1.165) is 16.8 Å². The lowest BCUT2D eigenvalue weighted by molar-refractivity contribution is -0.138. The number of benzene rings is 1. The standard InChI is InChI=1S/C20H27N3O2/c1-13(2)18-8-6-7-14(3)19(18)22-10-17(9-21)20(24)23-11-15(4)25-16(5)12-23/h6-8,10,13,15-16,22H,11-12H2,1-5H3/b17-10-. The van der Waals surface area contributed by atoms with E-state index in [9.17, 15) is 10.1 Å². The monoisotopic (exact) mass is 341 g/mol. The second-order valence-electron chi connectivity index (χ2n) is 6.98. The molecule has 1 aromatic carbocycles. The average Bonchev–Trinajstić information content (AvgIpc) is 2.55. The first-order chi connectivity index (χ1) is 11.8. The summed E-state index contributed by atoms with van der Waals surface area (Å²) in [5, 5.41) is 12.6. The first-order valence-corrected chi connectivity index (χ1v) is 8.74. The minimum absolute atomic E-state index is 0.0236. The highest BCUT2D eigenvalue weighted by atomic mass is 16.5. The van der Waals surface area contributed by atoms with Crippen molar-refractivity contribution in [2.24, 2.45) is 0 Å². The molecule has 0 bridgehead atoms. The Bertz CT molecular complexity index is 693. The molecule has 0 spiro atoms. The summed E-state index contributed by atoms with van der Waals surface area (Å²) in [7, 11) is 0. The average molecular weight is 341 g/mol. The molecule has 1 fully saturated rings. The van der Waals surface area contributed by atoms with Crippen LogP contribution >= 0.6 is 0 Å². The molecule has 1 aliphatic rings. The van der Waals surface area contributed by atoms with Crippen LogP contribution < -0.4 is 5.32 Å². The van der Waals surface area contributed by atoms with Crippen molar-refractivity contribution in [1.82, 2.24) is 4.90 Å². The van der Waals surface area contributed by atoms with Crippen molar-refractivity contribution in [3.05, 3.63) is 41.1 Å². The van der Waals surface area contributed by atoms with Gasteiger partial charge in [0.1, 0.15) is 11.6 Å². The quantitative estimate of drug-likeness (QED) is 0.671. The Balaban J connectivity index is 2.21. The van der Waals surface area contributed by atoms with Gasteiger partial charge < -0.3 is 15.0 Å². The Morgan fingerprint density at radius 1 is 1.36 bits per heavy atom. The van der Waals surface area contributed by atoms with Crippen LogP contribution in [0.15, 0.2) is 30.0 Å². The predicted octanol–water partition coefficient (Wildman–Crippen LogP) is 3.57. The fraction of sp³-hybridized carbons (Fsp3) is 0.500. The number of morpholine rings is 1. The van der Waals surface area contributed by atoms with Crippen molar-refractivity contribution in [3.63, 3.8) is 0 Å². The van der Waals surface area contributed by atoms with E-state index in [1.165, 1.54) is 6.20 Å². The van der Waals surface area contributed by atoms with Crippen LogP contribution in [0.3, 0.4) is 0 Å². The summed E-state index contributed by atoms with van der Waals surface area (Å²) in [4.78, 5) is 14.4. The van der Waals surface area contributed by atoms with E-state index < -0.39 is 0 Å². The third kappa shape index (κ3) is 4.61. The SMILES string of the molecule is Cc1cccc(C(C)C)c1N/C=C(/C#N)C(=O)N1CC(C)OC(C)C1. The summed E-state index contributed by atoms with van der Waals surface area (Å²) in [6.45, 7) is 11.1. The van der Waals surface area contributed by atoms with E-state index in [1.807, 2.05) is 39.0 Å². The fourth-order valence-corrected chi connectivity index (χ4v) is 3.17. The lowest BCUT2D eigenvalue weighted by Gasteiger charge is -2.35. The Morgan fingerprint density at radius 2 is 2.00 bits per heavy atom. The third-order valence-electron chi connectivity index (χ3n) is 4.35. The summed E-state index contributed by atoms with van der Waals surface area (Å²) < 4.78 is 5.66. The first kappa shape index (κ1) is 19.0. The van der Waals surface area contributed by atoms with Crippen LogP contribution in [0, 0.1) is 18.3 Å². The van der Waals surface area contributed by atoms with Crippen LogP contribution in [-0.2, 0) is 9.53 Å². The summed E-state index contributed by atoms with van der Waals surface area (Å²) in [6, 6.07) is 8.13. The molecule has 2 rings (SSSR count). The summed E-state index contributed by atoms with van der Waals surface area (Å²) in [5.74, 6) is 0.0923. The highest BCUT2D eigenvalue weighted by Crippen LogP contribution is 2.27. The van der Waals surface area contributed by atoms with Gasteiger partial charge in [0.2, 0.25) is 0 Å². The smallest absolute Gasteiger partial charge is 0.266 e. The van der Waals surface area contributed by atoms with Gasteiger partial charge in [-0.2, -0.15) is 5.26 Å². The van der Waals surface area contributed by atoms with Gasteiger partial charge in [0.05, 0.1) is 12.2 Å². The Morgan fingerprint density at radius 3 is 2.56 bits per heavy atom. The number of anilines is 1. The van der Waals surface area contributed by atoms with Gasteiger partial charge in [0.15, 0.2) is 0 Å². The summed E-state index contributed by atoms with van der Waals surface area (Å²) in [5.41, 5.74) is 3.32. The molecular formula is C20H27N3O2. The van der Waals surface area contributed by atoms with Crippen LogP contribution in [-0.4, -0.2) is 36.1 Å². The molecule has 134 valence electrons. The summed E-state index contributed by atoms with van der Waals surface area (Å²) >= 11 is 0. The highest BCUT2D eigenvalue weighted by Gasteiger charge is 2.27. The zero-order valence-corrected chi connectivity index (χ0v) is 15.7. The zero-order chi connectivity index (χ0) is 18.6. The Kier molecular flexibility index (Phi) is 6.22. The number of ether oxygens (including phenoxy) is 1. The lowest BCUT2D eigenvalue weighted by atomic mass is 9.98. The van der Waals surface area contributed by atoms with Gasteiger partial charge in [0.25, 0.3) is 5.91 Å². The minimum Gasteiger partial charge on any atom is -0.372 e. The predicted molar refractivity (Wildman–Crippen MR) is 99.2 cm³/mol. The van der Waals surface area contributed by atoms with E-state index in [-0.39, 0.29) is 23.7 Å². The van der Waals surface area contributed by atoms with Crippen LogP contribution in [0.2, 0.25) is 0 Å². The second-order valence-corrected chi connectivity index (χ2v) is 6.98. The number of carbonyl (C=O) groups excluding carboxylic acids is 1. The second kappa shape index (κ2) is 8.17. The summed E-state index contributed by atoms with van der Waals surface area (Å²) in [6.07, 6.45) is 1.48. The van der Waals surface area contributed by atoms with Crippen molar-refractivity contribution in [3.8, 4) is 6.07 Å². The van der Waals surface area contributed by atoms with Gasteiger partial charge in [0, 0.05) is 25.0 Å². The topological polar surface area (TPSA) is 65.4 Å². The van der Waals surface area contributed by atoms with Crippen molar-refractivity contribution in [1.29, 1.82) is 5.26 Å². The lowest BCUT2D eigenvalue weighted by Crippen LogP contribution is -2.48. The molecule has 0 saturated carbocycles. The number of aryl methyl sites for hydroxylation is 1. The van der Waals surface area contributed by atoms with Crippen molar-refractivity contribution < 1.29 is 9.53 Å². The third-order valence-corrected chi connectivity index (χ3v) is 4.35. The molecule has 1 aromatic rings. The van der Waals surface area contributed by atoms with Gasteiger partial charge in [-0.15, -0.1) is 0 Å². The minimum atomic E-state index is -0.253. The number of rotatable bonds is 4. The molecule has 1 N–H and O–H groups in total. The zero-order valence-electron chi connectivity index (χ0n) is 15.7. The molecule has 1 saturated heterocycles. The number of nitrogens with zero attached hydrogens (tertiary/aromatic N) is 2. The first-order valence-electron chi connectivity index (χ1n) is 8.74. The molecule has 2 atom stereocenters. The van der Waals surface area contributed by atoms with Gasteiger partial charge >= 0.3 is 0 Å². The van der Waals surface area contributed by atoms with Crippen LogP contribution in [0.1, 0.15) is 44.7 Å². The molecule has 2 unspecified atom stereocenters. The van der Waals surface area contributed by atoms with E-state index in [1.54, 1.807) is 4.90 Å². The molecule has 5 heteroatoms. The van der Waals surface area contributed by atoms with Crippen molar-refractivity contribution in [2.45, 2.75) is 52.7 Å². The molecule has 0 aromatic heterocycles. The number of nitriles is 1. The Hall–Kier alpha value is -2.32. The number of hydrogen-bond acceptors (Lipinski definition) is 4. The van der Waals surface area contributed by atoms with Crippen LogP contribution in [0.4, 0.5) is 5.69 Å². The number of hydrogen-bond donors (Lipinski definition) is 1. The van der Waals surface area contributed by atoms with Gasteiger partial charge in [-0.05, 0) is 37.8 Å². The molecule has 1 heterocycles.